The highest BCUT2D eigenvalue weighted by molar-refractivity contribution is 5.85. The van der Waals surface area contributed by atoms with E-state index in [1.54, 1.807) is 0 Å². The number of piperidine rings is 1. The fraction of sp³-hybridized carbons (Fsp3) is 0.867. The van der Waals surface area contributed by atoms with Gasteiger partial charge in [0.15, 0.2) is 0 Å². The van der Waals surface area contributed by atoms with Gasteiger partial charge in [-0.2, -0.15) is 0 Å². The van der Waals surface area contributed by atoms with E-state index < -0.39 is 0 Å². The van der Waals surface area contributed by atoms with Crippen molar-refractivity contribution in [3.05, 3.63) is 0 Å². The third-order valence-corrected chi connectivity index (χ3v) is 4.27. The number of nitrogens with one attached hydrogen (secondary N) is 3. The van der Waals surface area contributed by atoms with Gasteiger partial charge in [-0.15, -0.1) is 12.4 Å². The molecule has 1 heterocycles. The number of rotatable bonds is 5. The molecule has 1 saturated heterocycles. The molecular weight excluding hydrogens is 290 g/mol. The summed E-state index contributed by atoms with van der Waals surface area (Å²) in [6.45, 7) is 3.81. The van der Waals surface area contributed by atoms with Crippen molar-refractivity contribution < 1.29 is 9.59 Å². The molecule has 5 nitrogen and oxygen atoms in total. The van der Waals surface area contributed by atoms with E-state index in [1.807, 2.05) is 6.92 Å². The van der Waals surface area contributed by atoms with Crippen LogP contribution in [0, 0.1) is 5.92 Å². The Hall–Kier alpha value is -0.810. The molecular formula is C15H28ClN3O2. The second-order valence-corrected chi connectivity index (χ2v) is 6.21. The van der Waals surface area contributed by atoms with Crippen LogP contribution in [0.4, 0.5) is 0 Å². The Morgan fingerprint density at radius 3 is 2.52 bits per heavy atom. The quantitative estimate of drug-likeness (QED) is 0.717. The number of hydrogen-bond donors (Lipinski definition) is 3. The fourth-order valence-electron chi connectivity index (χ4n) is 3.14. The lowest BCUT2D eigenvalue weighted by Crippen LogP contribution is -2.47. The number of halogens is 1. The summed E-state index contributed by atoms with van der Waals surface area (Å²) in [4.78, 5) is 23.9. The monoisotopic (exact) mass is 317 g/mol. The van der Waals surface area contributed by atoms with Crippen molar-refractivity contribution in [2.24, 2.45) is 5.92 Å². The molecule has 0 bridgehead atoms. The normalized spacial score (nSPS) is 24.0. The van der Waals surface area contributed by atoms with E-state index in [-0.39, 0.29) is 42.2 Å². The Balaban J connectivity index is 0.00000220. The molecule has 2 unspecified atom stereocenters. The summed E-state index contributed by atoms with van der Waals surface area (Å²) in [6.07, 6.45) is 6.83. The number of carbonyl (C=O) groups is 2. The molecule has 0 spiro atoms. The molecule has 0 aromatic heterocycles. The Bertz CT molecular complexity index is 340. The summed E-state index contributed by atoms with van der Waals surface area (Å²) < 4.78 is 0. The maximum absolute atomic E-state index is 12.0. The van der Waals surface area contributed by atoms with Gasteiger partial charge in [0.05, 0.1) is 0 Å². The largest absolute Gasteiger partial charge is 0.353 e. The van der Waals surface area contributed by atoms with Crippen molar-refractivity contribution in [3.8, 4) is 0 Å². The fourth-order valence-corrected chi connectivity index (χ4v) is 3.14. The number of hydrogen-bond acceptors (Lipinski definition) is 3. The zero-order chi connectivity index (χ0) is 14.4. The number of carbonyl (C=O) groups excluding carboxylic acids is 2. The summed E-state index contributed by atoms with van der Waals surface area (Å²) in [5.74, 6) is 0.336. The van der Waals surface area contributed by atoms with E-state index >= 15 is 0 Å². The first kappa shape index (κ1) is 18.2. The zero-order valence-electron chi connectivity index (χ0n) is 12.8. The Morgan fingerprint density at radius 1 is 1.19 bits per heavy atom. The second-order valence-electron chi connectivity index (χ2n) is 6.21. The second kappa shape index (κ2) is 9.26. The summed E-state index contributed by atoms with van der Waals surface area (Å²) >= 11 is 0. The summed E-state index contributed by atoms with van der Waals surface area (Å²) in [6, 6.07) is 0.161. The summed E-state index contributed by atoms with van der Waals surface area (Å²) in [5, 5.41) is 9.29. The van der Waals surface area contributed by atoms with Crippen LogP contribution in [0.25, 0.3) is 0 Å². The van der Waals surface area contributed by atoms with Crippen LogP contribution in [0.1, 0.15) is 51.9 Å². The van der Waals surface area contributed by atoms with Gasteiger partial charge in [-0.1, -0.05) is 12.8 Å². The maximum atomic E-state index is 12.0. The van der Waals surface area contributed by atoms with Crippen LogP contribution in [0.5, 0.6) is 0 Å². The molecule has 2 amide bonds. The van der Waals surface area contributed by atoms with Crippen molar-refractivity contribution >= 4 is 24.2 Å². The van der Waals surface area contributed by atoms with Gasteiger partial charge in [0.25, 0.3) is 0 Å². The maximum Gasteiger partial charge on any atom is 0.223 e. The van der Waals surface area contributed by atoms with Gasteiger partial charge in [-0.05, 0) is 39.2 Å². The van der Waals surface area contributed by atoms with Gasteiger partial charge in [-0.3, -0.25) is 9.59 Å². The van der Waals surface area contributed by atoms with Crippen molar-refractivity contribution in [2.75, 3.05) is 13.1 Å². The first-order valence-corrected chi connectivity index (χ1v) is 7.95. The third-order valence-electron chi connectivity index (χ3n) is 4.27. The highest BCUT2D eigenvalue weighted by Gasteiger charge is 2.24. The van der Waals surface area contributed by atoms with Gasteiger partial charge in [0, 0.05) is 31.0 Å². The van der Waals surface area contributed by atoms with Crippen LogP contribution >= 0.6 is 12.4 Å². The van der Waals surface area contributed by atoms with Gasteiger partial charge in [-0.25, -0.2) is 0 Å². The molecule has 6 heteroatoms. The van der Waals surface area contributed by atoms with Crippen LogP contribution in [-0.2, 0) is 9.59 Å². The lowest BCUT2D eigenvalue weighted by molar-refractivity contribution is -0.126. The highest BCUT2D eigenvalue weighted by Crippen LogP contribution is 2.24. The first-order valence-electron chi connectivity index (χ1n) is 7.95. The molecule has 122 valence electrons. The molecule has 1 aliphatic carbocycles. The van der Waals surface area contributed by atoms with Gasteiger partial charge in [0.1, 0.15) is 0 Å². The smallest absolute Gasteiger partial charge is 0.223 e. The molecule has 21 heavy (non-hydrogen) atoms. The zero-order valence-corrected chi connectivity index (χ0v) is 13.6. The summed E-state index contributed by atoms with van der Waals surface area (Å²) in [7, 11) is 0. The topological polar surface area (TPSA) is 70.2 Å². The molecule has 3 N–H and O–H groups in total. The molecule has 2 rings (SSSR count). The average Bonchev–Trinajstić information content (AvgIpc) is 2.93. The molecule has 2 atom stereocenters. The lowest BCUT2D eigenvalue weighted by Gasteiger charge is -2.24. The van der Waals surface area contributed by atoms with Crippen molar-refractivity contribution in [2.45, 2.75) is 64.0 Å². The number of amides is 2. The predicted molar refractivity (Wildman–Crippen MR) is 85.5 cm³/mol. The van der Waals surface area contributed by atoms with Crippen LogP contribution in [0.2, 0.25) is 0 Å². The molecule has 0 aromatic carbocycles. The minimum atomic E-state index is -0.0837. The first-order chi connectivity index (χ1) is 9.65. The Kier molecular flexibility index (Phi) is 8.04. The molecule has 0 aromatic rings. The van der Waals surface area contributed by atoms with Crippen LogP contribution in [0.3, 0.4) is 0 Å². The molecule has 2 fully saturated rings. The average molecular weight is 318 g/mol. The van der Waals surface area contributed by atoms with E-state index in [0.717, 1.165) is 51.6 Å². The lowest BCUT2D eigenvalue weighted by atomic mass is 10.1. The van der Waals surface area contributed by atoms with Gasteiger partial charge in [0.2, 0.25) is 11.8 Å². The molecule has 1 saturated carbocycles. The van der Waals surface area contributed by atoms with Gasteiger partial charge < -0.3 is 16.0 Å². The Labute approximate surface area is 133 Å². The predicted octanol–water partition coefficient (Wildman–Crippen LogP) is 1.36. The molecule has 2 aliphatic rings. The van der Waals surface area contributed by atoms with Crippen molar-refractivity contribution in [3.63, 3.8) is 0 Å². The standard InChI is InChI=1S/C15H27N3O2.ClH/c1-11(17-15(20)12-5-2-3-6-12)9-14(19)18-13-7-4-8-16-10-13;/h11-13,16H,2-10H2,1H3,(H,17,20)(H,18,19);1H. The minimum absolute atomic E-state index is 0. The summed E-state index contributed by atoms with van der Waals surface area (Å²) in [5.41, 5.74) is 0. The van der Waals surface area contributed by atoms with Crippen molar-refractivity contribution in [1.82, 2.24) is 16.0 Å². The van der Waals surface area contributed by atoms with E-state index in [0.29, 0.717) is 6.42 Å². The molecule has 1 aliphatic heterocycles. The van der Waals surface area contributed by atoms with Crippen molar-refractivity contribution in [1.29, 1.82) is 0 Å². The highest BCUT2D eigenvalue weighted by atomic mass is 35.5. The van der Waals surface area contributed by atoms with E-state index in [1.165, 1.54) is 0 Å². The van der Waals surface area contributed by atoms with E-state index in [2.05, 4.69) is 16.0 Å². The van der Waals surface area contributed by atoms with Crippen LogP contribution in [-0.4, -0.2) is 37.0 Å². The van der Waals surface area contributed by atoms with E-state index in [4.69, 9.17) is 0 Å². The third kappa shape index (κ3) is 6.22. The minimum Gasteiger partial charge on any atom is -0.353 e. The molecule has 0 radical (unpaired) electrons. The van der Waals surface area contributed by atoms with Gasteiger partial charge >= 0.3 is 0 Å². The van der Waals surface area contributed by atoms with Crippen LogP contribution < -0.4 is 16.0 Å². The Morgan fingerprint density at radius 2 is 1.90 bits per heavy atom. The van der Waals surface area contributed by atoms with Crippen LogP contribution in [0.15, 0.2) is 0 Å². The van der Waals surface area contributed by atoms with E-state index in [9.17, 15) is 9.59 Å². The SMILES string of the molecule is CC(CC(=O)NC1CCCNC1)NC(=O)C1CCCC1.Cl.